The molecule has 1 aromatic carbocycles. The van der Waals surface area contributed by atoms with Crippen LogP contribution >= 0.6 is 11.6 Å². The average molecular weight is 408 g/mol. The monoisotopic (exact) mass is 407 g/mol. The lowest BCUT2D eigenvalue weighted by Crippen LogP contribution is -2.41. The van der Waals surface area contributed by atoms with Gasteiger partial charge in [-0.25, -0.2) is 13.9 Å². The zero-order valence-corrected chi connectivity index (χ0v) is 16.7. The quantitative estimate of drug-likeness (QED) is 0.762. The van der Waals surface area contributed by atoms with Gasteiger partial charge in [-0.2, -0.15) is 0 Å². The number of benzene rings is 1. The van der Waals surface area contributed by atoms with Crippen molar-refractivity contribution in [3.8, 4) is 0 Å². The zero-order chi connectivity index (χ0) is 20.7. The summed E-state index contributed by atoms with van der Waals surface area (Å²) in [5.74, 6) is -1.21. The van der Waals surface area contributed by atoms with Gasteiger partial charge in [0.15, 0.2) is 5.69 Å². The first-order valence-corrected chi connectivity index (χ1v) is 9.01. The third-order valence-corrected chi connectivity index (χ3v) is 5.27. The largest absolute Gasteiger partial charge is 0.525 e. The van der Waals surface area contributed by atoms with E-state index in [4.69, 9.17) is 26.0 Å². The van der Waals surface area contributed by atoms with Crippen LogP contribution in [0.2, 0.25) is 5.02 Å². The number of halogens is 2. The smallest absolute Gasteiger partial charge is 0.476 e. The van der Waals surface area contributed by atoms with Crippen molar-refractivity contribution in [1.29, 1.82) is 0 Å². The average Bonchev–Trinajstić information content (AvgIpc) is 3.15. The summed E-state index contributed by atoms with van der Waals surface area (Å²) in [5, 5.41) is 16.9. The van der Waals surface area contributed by atoms with E-state index in [2.05, 4.69) is 10.3 Å². The number of hydrogen-bond acceptors (Lipinski definition) is 5. The molecule has 0 spiro atoms. The number of carboxylic acid groups (broad SMARTS) is 1. The Morgan fingerprint density at radius 2 is 1.79 bits per heavy atom. The molecule has 1 fully saturated rings. The number of carbonyl (C=O) groups is 1. The summed E-state index contributed by atoms with van der Waals surface area (Å²) >= 11 is 5.94. The number of carboxylic acids is 1. The number of hydrogen-bond donors (Lipinski definition) is 1. The Balaban J connectivity index is 2.01. The molecule has 0 radical (unpaired) electrons. The van der Waals surface area contributed by atoms with E-state index in [-0.39, 0.29) is 17.8 Å². The van der Waals surface area contributed by atoms with Crippen LogP contribution in [0.4, 0.5) is 4.39 Å². The van der Waals surface area contributed by atoms with Crippen LogP contribution in [0, 0.1) is 0 Å². The summed E-state index contributed by atoms with van der Waals surface area (Å²) in [5.41, 5.74) is -1.48. The minimum atomic E-state index is -1.21. The maximum Gasteiger partial charge on any atom is 0.525 e. The molecule has 1 aromatic heterocycles. The molecule has 0 saturated carbocycles. The van der Waals surface area contributed by atoms with E-state index in [9.17, 15) is 4.79 Å². The van der Waals surface area contributed by atoms with E-state index >= 15 is 4.39 Å². The lowest BCUT2D eigenvalue weighted by molar-refractivity contribution is 0.00578. The molecule has 148 valence electrons. The van der Waals surface area contributed by atoms with E-state index in [1.165, 1.54) is 10.9 Å². The second kappa shape index (κ2) is 7.31. The second-order valence-corrected chi connectivity index (χ2v) is 7.96. The van der Waals surface area contributed by atoms with Gasteiger partial charge in [0.25, 0.3) is 0 Å². The first kappa shape index (κ1) is 20.5. The van der Waals surface area contributed by atoms with Crippen LogP contribution in [0.1, 0.15) is 43.7 Å². The predicted molar refractivity (Wildman–Crippen MR) is 103 cm³/mol. The molecule has 1 saturated heterocycles. The Morgan fingerprint density at radius 1 is 1.21 bits per heavy atom. The Kier molecular flexibility index (Phi) is 5.35. The fourth-order valence-corrected chi connectivity index (χ4v) is 2.81. The molecule has 1 N–H and O–H groups in total. The molecule has 0 unspecified atom stereocenters. The van der Waals surface area contributed by atoms with Gasteiger partial charge < -0.3 is 14.4 Å². The van der Waals surface area contributed by atoms with Gasteiger partial charge in [-0.15, -0.1) is 5.10 Å². The Morgan fingerprint density at radius 3 is 2.29 bits per heavy atom. The van der Waals surface area contributed by atoms with E-state index in [1.807, 2.05) is 27.7 Å². The van der Waals surface area contributed by atoms with E-state index in [0.29, 0.717) is 10.6 Å². The fraction of sp³-hybridized carbons (Fsp3) is 0.389. The Labute approximate surface area is 167 Å². The standard InChI is InChI=1S/C18H20BClFN3O4/c1-17(2)18(3,4)28-19(27-17)15(21)13(11-5-7-12(20)8-6-11)9-24-10-14(16(25)26)22-23-24/h5-8,10H,9H2,1-4H3,(H,25,26). The van der Waals surface area contributed by atoms with Gasteiger partial charge in [0.2, 0.25) is 0 Å². The van der Waals surface area contributed by atoms with Crippen LogP contribution < -0.4 is 0 Å². The summed E-state index contributed by atoms with van der Waals surface area (Å²) in [4.78, 5) is 11.0. The zero-order valence-electron chi connectivity index (χ0n) is 15.9. The van der Waals surface area contributed by atoms with Crippen LogP contribution in [0.3, 0.4) is 0 Å². The molecule has 2 aromatic rings. The molecule has 1 aliphatic heterocycles. The van der Waals surface area contributed by atoms with Crippen molar-refractivity contribution < 1.29 is 23.6 Å². The van der Waals surface area contributed by atoms with Crippen molar-refractivity contribution in [2.75, 3.05) is 0 Å². The molecule has 0 atom stereocenters. The SMILES string of the molecule is CC1(C)OB(C(F)=C(Cn2cc(C(=O)O)nn2)c2ccc(Cl)cc2)OC1(C)C. The summed E-state index contributed by atoms with van der Waals surface area (Å²) in [6.45, 7) is 7.27. The van der Waals surface area contributed by atoms with Crippen LogP contribution in [-0.4, -0.2) is 44.4 Å². The summed E-state index contributed by atoms with van der Waals surface area (Å²) in [6, 6.07) is 6.60. The summed E-state index contributed by atoms with van der Waals surface area (Å²) in [6.07, 6.45) is 1.23. The topological polar surface area (TPSA) is 86.5 Å². The molecule has 3 rings (SSSR count). The number of nitrogens with zero attached hydrogens (tertiary/aromatic N) is 3. The predicted octanol–water partition coefficient (Wildman–Crippen LogP) is 3.64. The molecule has 28 heavy (non-hydrogen) atoms. The lowest BCUT2D eigenvalue weighted by Gasteiger charge is -2.32. The van der Waals surface area contributed by atoms with E-state index in [0.717, 1.165) is 0 Å². The number of rotatable bonds is 5. The molecular weight excluding hydrogens is 387 g/mol. The van der Waals surface area contributed by atoms with Gasteiger partial charge in [0, 0.05) is 10.6 Å². The molecule has 0 aliphatic carbocycles. The Bertz CT molecular complexity index is 911. The fourth-order valence-electron chi connectivity index (χ4n) is 2.68. The van der Waals surface area contributed by atoms with Crippen molar-refractivity contribution in [3.63, 3.8) is 0 Å². The van der Waals surface area contributed by atoms with Crippen LogP contribution in [0.5, 0.6) is 0 Å². The lowest BCUT2D eigenvalue weighted by atomic mass is 9.82. The van der Waals surface area contributed by atoms with Crippen molar-refractivity contribution in [2.45, 2.75) is 45.4 Å². The minimum Gasteiger partial charge on any atom is -0.476 e. The molecule has 2 heterocycles. The van der Waals surface area contributed by atoms with Crippen molar-refractivity contribution >= 4 is 30.3 Å². The van der Waals surface area contributed by atoms with Crippen LogP contribution in [0.25, 0.3) is 5.57 Å². The third-order valence-electron chi connectivity index (χ3n) is 5.02. The number of allylic oxidation sites excluding steroid dienone is 1. The first-order valence-electron chi connectivity index (χ1n) is 8.64. The van der Waals surface area contributed by atoms with Gasteiger partial charge in [-0.05, 0) is 45.4 Å². The van der Waals surface area contributed by atoms with Gasteiger partial charge >= 0.3 is 13.1 Å². The van der Waals surface area contributed by atoms with Crippen LogP contribution in [0.15, 0.2) is 36.2 Å². The van der Waals surface area contributed by atoms with Gasteiger partial charge in [0.1, 0.15) is 5.73 Å². The molecule has 10 heteroatoms. The van der Waals surface area contributed by atoms with Crippen molar-refractivity contribution in [1.82, 2.24) is 15.0 Å². The number of aromatic nitrogens is 3. The molecule has 0 bridgehead atoms. The van der Waals surface area contributed by atoms with Crippen molar-refractivity contribution in [2.24, 2.45) is 0 Å². The van der Waals surface area contributed by atoms with Gasteiger partial charge in [-0.1, -0.05) is 28.9 Å². The van der Waals surface area contributed by atoms with Crippen LogP contribution in [-0.2, 0) is 15.9 Å². The highest BCUT2D eigenvalue weighted by Gasteiger charge is 2.53. The highest BCUT2D eigenvalue weighted by atomic mass is 35.5. The molecular formula is C18H20BClFN3O4. The highest BCUT2D eigenvalue weighted by molar-refractivity contribution is 6.55. The number of aromatic carboxylic acids is 1. The first-order chi connectivity index (χ1) is 13.0. The normalized spacial score (nSPS) is 18.9. The molecule has 1 aliphatic rings. The van der Waals surface area contributed by atoms with Crippen molar-refractivity contribution in [3.05, 3.63) is 52.5 Å². The minimum absolute atomic E-state index is 0.0577. The van der Waals surface area contributed by atoms with Gasteiger partial charge in [0.05, 0.1) is 23.9 Å². The highest BCUT2D eigenvalue weighted by Crippen LogP contribution is 2.40. The summed E-state index contributed by atoms with van der Waals surface area (Å²) in [7, 11) is -1.20. The second-order valence-electron chi connectivity index (χ2n) is 7.53. The molecule has 7 nitrogen and oxygen atoms in total. The van der Waals surface area contributed by atoms with E-state index in [1.54, 1.807) is 24.3 Å². The van der Waals surface area contributed by atoms with E-state index < -0.39 is 30.0 Å². The van der Waals surface area contributed by atoms with Gasteiger partial charge in [-0.3, -0.25) is 0 Å². The maximum absolute atomic E-state index is 15.5. The molecule has 0 amide bonds. The Hall–Kier alpha value is -2.23. The summed E-state index contributed by atoms with van der Waals surface area (Å²) < 4.78 is 28.4. The third kappa shape index (κ3) is 3.96. The maximum atomic E-state index is 15.5.